The molecule has 7 heteroatoms. The molecule has 0 spiro atoms. The minimum Gasteiger partial charge on any atom is -0.481 e. The molecule has 1 aromatic carbocycles. The fraction of sp³-hybridized carbons (Fsp3) is 0.167. The molecule has 1 heterocycles. The van der Waals surface area contributed by atoms with E-state index < -0.39 is 17.6 Å². The molecule has 0 amide bonds. The summed E-state index contributed by atoms with van der Waals surface area (Å²) in [7, 11) is 0. The van der Waals surface area contributed by atoms with Gasteiger partial charge in [-0.3, -0.25) is 4.79 Å². The van der Waals surface area contributed by atoms with Crippen LogP contribution in [-0.2, 0) is 11.2 Å². The predicted octanol–water partition coefficient (Wildman–Crippen LogP) is 3.13. The number of benzene rings is 1. The summed E-state index contributed by atoms with van der Waals surface area (Å²) < 4.78 is 27.2. The van der Waals surface area contributed by atoms with Crippen LogP contribution in [0.2, 0.25) is 0 Å². The van der Waals surface area contributed by atoms with Crippen molar-refractivity contribution in [2.24, 2.45) is 0 Å². The SMILES string of the molecule is O=C(O)CCc1[nH]c(Br)nc1-c1cc(F)ccc1F. The molecule has 2 rings (SSSR count). The Morgan fingerprint density at radius 2 is 2.16 bits per heavy atom. The molecule has 0 fully saturated rings. The van der Waals surface area contributed by atoms with Gasteiger partial charge in [-0.1, -0.05) is 0 Å². The number of aromatic amines is 1. The highest BCUT2D eigenvalue weighted by atomic mass is 79.9. The quantitative estimate of drug-likeness (QED) is 0.905. The van der Waals surface area contributed by atoms with Gasteiger partial charge >= 0.3 is 5.97 Å². The third kappa shape index (κ3) is 3.17. The zero-order chi connectivity index (χ0) is 14.0. The maximum absolute atomic E-state index is 13.7. The number of imidazole rings is 1. The molecule has 0 radical (unpaired) electrons. The summed E-state index contributed by atoms with van der Waals surface area (Å²) >= 11 is 3.10. The minimum absolute atomic E-state index is 0.00217. The number of aryl methyl sites for hydroxylation is 1. The molecule has 0 bridgehead atoms. The Bertz CT molecular complexity index is 628. The van der Waals surface area contributed by atoms with E-state index in [4.69, 9.17) is 5.11 Å². The number of carboxylic acids is 1. The smallest absolute Gasteiger partial charge is 0.303 e. The first-order valence-corrected chi connectivity index (χ1v) is 6.18. The summed E-state index contributed by atoms with van der Waals surface area (Å²) in [6.45, 7) is 0. The molecule has 19 heavy (non-hydrogen) atoms. The number of carboxylic acid groups (broad SMARTS) is 1. The van der Waals surface area contributed by atoms with Gasteiger partial charge in [-0.05, 0) is 34.1 Å². The molecular formula is C12H9BrF2N2O2. The summed E-state index contributed by atoms with van der Waals surface area (Å²) in [5.74, 6) is -2.17. The number of H-pyrrole nitrogens is 1. The Morgan fingerprint density at radius 3 is 2.84 bits per heavy atom. The van der Waals surface area contributed by atoms with Crippen molar-refractivity contribution in [3.63, 3.8) is 0 Å². The van der Waals surface area contributed by atoms with Crippen LogP contribution in [0.4, 0.5) is 8.78 Å². The van der Waals surface area contributed by atoms with E-state index in [-0.39, 0.29) is 24.1 Å². The number of halogens is 3. The van der Waals surface area contributed by atoms with Gasteiger partial charge in [0.05, 0.1) is 12.1 Å². The molecular weight excluding hydrogens is 322 g/mol. The van der Waals surface area contributed by atoms with Crippen LogP contribution in [-0.4, -0.2) is 21.0 Å². The number of hydrogen-bond donors (Lipinski definition) is 2. The molecule has 0 atom stereocenters. The van der Waals surface area contributed by atoms with Crippen LogP contribution in [0.25, 0.3) is 11.3 Å². The van der Waals surface area contributed by atoms with Crippen LogP contribution in [0.3, 0.4) is 0 Å². The van der Waals surface area contributed by atoms with Crippen molar-refractivity contribution >= 4 is 21.9 Å². The van der Waals surface area contributed by atoms with Gasteiger partial charge in [-0.2, -0.15) is 0 Å². The Kier molecular flexibility index (Phi) is 3.94. The number of hydrogen-bond acceptors (Lipinski definition) is 2. The highest BCUT2D eigenvalue weighted by Gasteiger charge is 2.16. The second-order valence-corrected chi connectivity index (χ2v) is 4.62. The average molecular weight is 331 g/mol. The Labute approximate surface area is 115 Å². The summed E-state index contributed by atoms with van der Waals surface area (Å²) in [6, 6.07) is 3.05. The van der Waals surface area contributed by atoms with E-state index in [1.165, 1.54) is 0 Å². The van der Waals surface area contributed by atoms with Crippen molar-refractivity contribution in [3.05, 3.63) is 40.3 Å². The number of nitrogens with one attached hydrogen (secondary N) is 1. The standard InChI is InChI=1S/C12H9BrF2N2O2/c13-12-16-9(3-4-10(18)19)11(17-12)7-5-6(14)1-2-8(7)15/h1-2,5H,3-4H2,(H,16,17)(H,18,19). The third-order valence-corrected chi connectivity index (χ3v) is 2.90. The first-order chi connectivity index (χ1) is 8.97. The van der Waals surface area contributed by atoms with E-state index in [1.807, 2.05) is 0 Å². The molecule has 0 saturated carbocycles. The Morgan fingerprint density at radius 1 is 1.42 bits per heavy atom. The van der Waals surface area contributed by atoms with Gasteiger partial charge in [0.15, 0.2) is 4.73 Å². The number of rotatable bonds is 4. The molecule has 0 saturated heterocycles. The van der Waals surface area contributed by atoms with Crippen LogP contribution in [0.15, 0.2) is 22.9 Å². The lowest BCUT2D eigenvalue weighted by atomic mass is 10.1. The summed E-state index contributed by atoms with van der Waals surface area (Å²) in [5.41, 5.74) is 0.659. The lowest BCUT2D eigenvalue weighted by Gasteiger charge is -2.03. The number of carbonyl (C=O) groups is 1. The number of aromatic nitrogens is 2. The Hall–Kier alpha value is -1.76. The first kappa shape index (κ1) is 13.7. The van der Waals surface area contributed by atoms with Crippen molar-refractivity contribution in [2.75, 3.05) is 0 Å². The van der Waals surface area contributed by atoms with Crippen molar-refractivity contribution in [2.45, 2.75) is 12.8 Å². The zero-order valence-electron chi connectivity index (χ0n) is 9.58. The first-order valence-electron chi connectivity index (χ1n) is 5.39. The lowest BCUT2D eigenvalue weighted by molar-refractivity contribution is -0.136. The summed E-state index contributed by atoms with van der Waals surface area (Å²) in [5, 5.41) is 8.66. The fourth-order valence-corrected chi connectivity index (χ4v) is 2.11. The fourth-order valence-electron chi connectivity index (χ4n) is 1.69. The van der Waals surface area contributed by atoms with Gasteiger partial charge in [0.1, 0.15) is 11.6 Å². The van der Waals surface area contributed by atoms with E-state index in [2.05, 4.69) is 25.9 Å². The molecule has 100 valence electrons. The molecule has 0 aliphatic rings. The van der Waals surface area contributed by atoms with Crippen molar-refractivity contribution in [1.29, 1.82) is 0 Å². The van der Waals surface area contributed by atoms with Gasteiger partial charge in [-0.25, -0.2) is 13.8 Å². The van der Waals surface area contributed by atoms with Crippen LogP contribution >= 0.6 is 15.9 Å². The van der Waals surface area contributed by atoms with E-state index in [0.29, 0.717) is 10.4 Å². The molecule has 4 nitrogen and oxygen atoms in total. The molecule has 0 unspecified atom stereocenters. The number of nitrogens with zero attached hydrogens (tertiary/aromatic N) is 1. The van der Waals surface area contributed by atoms with Gasteiger partial charge < -0.3 is 10.1 Å². The molecule has 1 aromatic heterocycles. The van der Waals surface area contributed by atoms with Gasteiger partial charge in [0, 0.05) is 17.7 Å². The average Bonchev–Trinajstić information content (AvgIpc) is 2.71. The Balaban J connectivity index is 2.43. The summed E-state index contributed by atoms with van der Waals surface area (Å²) in [4.78, 5) is 17.4. The third-order valence-electron chi connectivity index (χ3n) is 2.52. The van der Waals surface area contributed by atoms with Gasteiger partial charge in [0.25, 0.3) is 0 Å². The topological polar surface area (TPSA) is 66.0 Å². The second-order valence-electron chi connectivity index (χ2n) is 3.87. The minimum atomic E-state index is -0.976. The monoisotopic (exact) mass is 330 g/mol. The van der Waals surface area contributed by atoms with E-state index in [0.717, 1.165) is 18.2 Å². The van der Waals surface area contributed by atoms with Crippen LogP contribution in [0, 0.1) is 11.6 Å². The van der Waals surface area contributed by atoms with E-state index in [9.17, 15) is 13.6 Å². The van der Waals surface area contributed by atoms with Crippen molar-refractivity contribution in [1.82, 2.24) is 9.97 Å². The van der Waals surface area contributed by atoms with E-state index in [1.54, 1.807) is 0 Å². The zero-order valence-corrected chi connectivity index (χ0v) is 11.2. The largest absolute Gasteiger partial charge is 0.481 e. The van der Waals surface area contributed by atoms with Crippen LogP contribution in [0.5, 0.6) is 0 Å². The highest BCUT2D eigenvalue weighted by molar-refractivity contribution is 9.10. The molecule has 2 N–H and O–H groups in total. The lowest BCUT2D eigenvalue weighted by Crippen LogP contribution is -1.99. The van der Waals surface area contributed by atoms with Crippen molar-refractivity contribution < 1.29 is 18.7 Å². The van der Waals surface area contributed by atoms with E-state index >= 15 is 0 Å². The van der Waals surface area contributed by atoms with Gasteiger partial charge in [-0.15, -0.1) is 0 Å². The van der Waals surface area contributed by atoms with Gasteiger partial charge in [0.2, 0.25) is 0 Å². The maximum Gasteiger partial charge on any atom is 0.303 e. The maximum atomic E-state index is 13.7. The summed E-state index contributed by atoms with van der Waals surface area (Å²) in [6.07, 6.45) is 0.0256. The molecule has 2 aromatic rings. The number of aliphatic carboxylic acids is 1. The van der Waals surface area contributed by atoms with Crippen LogP contribution in [0.1, 0.15) is 12.1 Å². The highest BCUT2D eigenvalue weighted by Crippen LogP contribution is 2.27. The normalized spacial score (nSPS) is 10.7. The second kappa shape index (κ2) is 5.48. The van der Waals surface area contributed by atoms with Crippen LogP contribution < -0.4 is 0 Å². The molecule has 0 aliphatic carbocycles. The van der Waals surface area contributed by atoms with Crippen molar-refractivity contribution in [3.8, 4) is 11.3 Å². The molecule has 0 aliphatic heterocycles. The predicted molar refractivity (Wildman–Crippen MR) is 67.6 cm³/mol.